The molecule has 180 valence electrons. The Morgan fingerprint density at radius 1 is 1.12 bits per heavy atom. The van der Waals surface area contributed by atoms with E-state index in [1.54, 1.807) is 0 Å². The Morgan fingerprint density at radius 2 is 1.91 bits per heavy atom. The number of ether oxygens (including phenoxy) is 2. The van der Waals surface area contributed by atoms with E-state index in [0.29, 0.717) is 37.6 Å². The molecule has 2 aromatic rings. The zero-order valence-corrected chi connectivity index (χ0v) is 19.8. The molecule has 0 aliphatic carbocycles. The van der Waals surface area contributed by atoms with E-state index in [1.165, 1.54) is 0 Å². The standard InChI is InChI=1S/C26H34ClNO5/c1-2-32-21-8-5-17(6-9-21)12-19-13-18(7-10-22(19)27)24-14-23(30)26(31)25(33-24)16-28-11-3-4-20(29)15-28/h5-10,13,20,23-26,29-31H,2-4,11-12,14-16H2,1H3/t20?,23-,24-,25-,26+/m1/s1. The summed E-state index contributed by atoms with van der Waals surface area (Å²) in [4.78, 5) is 2.11. The molecule has 4 rings (SSSR count). The fraction of sp³-hybridized carbons (Fsp3) is 0.538. The molecule has 2 saturated heterocycles. The summed E-state index contributed by atoms with van der Waals surface area (Å²) in [6, 6.07) is 13.8. The molecular weight excluding hydrogens is 442 g/mol. The topological polar surface area (TPSA) is 82.4 Å². The van der Waals surface area contributed by atoms with E-state index in [9.17, 15) is 15.3 Å². The maximum Gasteiger partial charge on any atom is 0.119 e. The van der Waals surface area contributed by atoms with Gasteiger partial charge in [-0.15, -0.1) is 0 Å². The number of hydrogen-bond donors (Lipinski definition) is 3. The van der Waals surface area contributed by atoms with E-state index in [0.717, 1.165) is 41.8 Å². The molecule has 0 aromatic heterocycles. The molecule has 6 nitrogen and oxygen atoms in total. The van der Waals surface area contributed by atoms with Gasteiger partial charge in [0.15, 0.2) is 0 Å². The molecular formula is C26H34ClNO5. The highest BCUT2D eigenvalue weighted by atomic mass is 35.5. The van der Waals surface area contributed by atoms with E-state index in [2.05, 4.69) is 4.90 Å². The van der Waals surface area contributed by atoms with Crippen molar-refractivity contribution >= 4 is 11.6 Å². The van der Waals surface area contributed by atoms with Crippen LogP contribution in [-0.2, 0) is 11.2 Å². The molecule has 1 unspecified atom stereocenters. The van der Waals surface area contributed by atoms with Gasteiger partial charge in [-0.1, -0.05) is 35.9 Å². The van der Waals surface area contributed by atoms with Crippen molar-refractivity contribution < 1.29 is 24.8 Å². The van der Waals surface area contributed by atoms with Crippen LogP contribution in [0.25, 0.3) is 0 Å². The summed E-state index contributed by atoms with van der Waals surface area (Å²) in [5.74, 6) is 0.844. The number of rotatable bonds is 7. The highest BCUT2D eigenvalue weighted by Crippen LogP contribution is 2.34. The first-order valence-electron chi connectivity index (χ1n) is 11.8. The van der Waals surface area contributed by atoms with Crippen LogP contribution in [0.4, 0.5) is 0 Å². The van der Waals surface area contributed by atoms with Crippen molar-refractivity contribution in [2.75, 3.05) is 26.2 Å². The SMILES string of the molecule is CCOc1ccc(Cc2cc([C@H]3C[C@@H](O)[C@H](O)[C@@H](CN4CCCC(O)C4)O3)ccc2Cl)cc1. The van der Waals surface area contributed by atoms with Crippen molar-refractivity contribution in [1.29, 1.82) is 0 Å². The van der Waals surface area contributed by atoms with Crippen LogP contribution in [0.1, 0.15) is 49.0 Å². The number of aliphatic hydroxyl groups is 3. The normalized spacial score (nSPS) is 28.6. The molecule has 2 aliphatic rings. The van der Waals surface area contributed by atoms with Crippen LogP contribution in [0.3, 0.4) is 0 Å². The lowest BCUT2D eigenvalue weighted by atomic mass is 9.92. The molecule has 0 amide bonds. The number of piperidine rings is 1. The van der Waals surface area contributed by atoms with E-state index >= 15 is 0 Å². The predicted molar refractivity (Wildman–Crippen MR) is 128 cm³/mol. The van der Waals surface area contributed by atoms with Crippen LogP contribution in [-0.4, -0.2) is 70.9 Å². The Morgan fingerprint density at radius 3 is 2.64 bits per heavy atom. The summed E-state index contributed by atoms with van der Waals surface area (Å²) in [6.07, 6.45) is -0.295. The molecule has 33 heavy (non-hydrogen) atoms. The second-order valence-corrected chi connectivity index (χ2v) is 9.52. The van der Waals surface area contributed by atoms with Crippen molar-refractivity contribution in [1.82, 2.24) is 4.90 Å². The largest absolute Gasteiger partial charge is 0.494 e. The summed E-state index contributed by atoms with van der Waals surface area (Å²) in [5, 5.41) is 31.8. The molecule has 2 aliphatic heterocycles. The Balaban J connectivity index is 1.47. The molecule has 0 saturated carbocycles. The fourth-order valence-corrected chi connectivity index (χ4v) is 4.98. The highest BCUT2D eigenvalue weighted by Gasteiger charge is 2.38. The molecule has 7 heteroatoms. The van der Waals surface area contributed by atoms with Gasteiger partial charge in [0, 0.05) is 24.5 Å². The summed E-state index contributed by atoms with van der Waals surface area (Å²) in [6.45, 7) is 4.51. The quantitative estimate of drug-likeness (QED) is 0.569. The van der Waals surface area contributed by atoms with Gasteiger partial charge in [-0.05, 0) is 67.6 Å². The summed E-state index contributed by atoms with van der Waals surface area (Å²) >= 11 is 6.50. The van der Waals surface area contributed by atoms with Crippen LogP contribution >= 0.6 is 11.6 Å². The Bertz CT molecular complexity index is 908. The smallest absolute Gasteiger partial charge is 0.119 e. The monoisotopic (exact) mass is 475 g/mol. The fourth-order valence-electron chi connectivity index (χ4n) is 4.79. The van der Waals surface area contributed by atoms with Gasteiger partial charge in [-0.3, -0.25) is 4.90 Å². The van der Waals surface area contributed by atoms with Gasteiger partial charge in [0.05, 0.1) is 31.0 Å². The minimum atomic E-state index is -0.948. The summed E-state index contributed by atoms with van der Waals surface area (Å²) in [5.41, 5.74) is 3.05. The van der Waals surface area contributed by atoms with Crippen molar-refractivity contribution in [3.05, 3.63) is 64.2 Å². The van der Waals surface area contributed by atoms with Crippen LogP contribution in [0.5, 0.6) is 5.75 Å². The van der Waals surface area contributed by atoms with Crippen molar-refractivity contribution in [3.63, 3.8) is 0 Å². The van der Waals surface area contributed by atoms with E-state index < -0.39 is 18.3 Å². The van der Waals surface area contributed by atoms with Crippen molar-refractivity contribution in [2.24, 2.45) is 0 Å². The zero-order valence-electron chi connectivity index (χ0n) is 19.1. The molecule has 3 N–H and O–H groups in total. The van der Waals surface area contributed by atoms with E-state index in [1.807, 2.05) is 49.4 Å². The lowest BCUT2D eigenvalue weighted by molar-refractivity contribution is -0.177. The lowest BCUT2D eigenvalue weighted by Crippen LogP contribution is -2.52. The first-order chi connectivity index (χ1) is 15.9. The van der Waals surface area contributed by atoms with Crippen molar-refractivity contribution in [2.45, 2.75) is 63.1 Å². The molecule has 2 aromatic carbocycles. The maximum atomic E-state index is 10.6. The molecule has 0 spiro atoms. The second-order valence-electron chi connectivity index (χ2n) is 9.12. The minimum Gasteiger partial charge on any atom is -0.494 e. The Labute approximate surface area is 200 Å². The summed E-state index contributed by atoms with van der Waals surface area (Å²) < 4.78 is 11.8. The first-order valence-corrected chi connectivity index (χ1v) is 12.2. The molecule has 0 bridgehead atoms. The van der Waals surface area contributed by atoms with Crippen LogP contribution < -0.4 is 4.74 Å². The van der Waals surface area contributed by atoms with Gasteiger partial charge < -0.3 is 24.8 Å². The number of β-amino-alcohol motifs (C(OH)–C–C–N with tert-alkyl or cyclic N) is 1. The number of halogens is 1. The summed E-state index contributed by atoms with van der Waals surface area (Å²) in [7, 11) is 0. The predicted octanol–water partition coefficient (Wildman–Crippen LogP) is 3.34. The van der Waals surface area contributed by atoms with Crippen LogP contribution in [0.2, 0.25) is 5.02 Å². The molecule has 0 radical (unpaired) electrons. The third-order valence-corrected chi connectivity index (χ3v) is 6.93. The van der Waals surface area contributed by atoms with Gasteiger partial charge in [-0.2, -0.15) is 0 Å². The minimum absolute atomic E-state index is 0.324. The zero-order chi connectivity index (χ0) is 23.4. The lowest BCUT2D eigenvalue weighted by Gasteiger charge is -2.41. The molecule has 2 heterocycles. The number of hydrogen-bond acceptors (Lipinski definition) is 6. The number of nitrogens with zero attached hydrogens (tertiary/aromatic N) is 1. The van der Waals surface area contributed by atoms with Crippen LogP contribution in [0, 0.1) is 0 Å². The van der Waals surface area contributed by atoms with Gasteiger partial charge >= 0.3 is 0 Å². The second kappa shape index (κ2) is 11.2. The van der Waals surface area contributed by atoms with Crippen molar-refractivity contribution in [3.8, 4) is 5.75 Å². The molecule has 2 fully saturated rings. The van der Waals surface area contributed by atoms with E-state index in [-0.39, 0.29) is 12.2 Å². The van der Waals surface area contributed by atoms with Crippen LogP contribution in [0.15, 0.2) is 42.5 Å². The third-order valence-electron chi connectivity index (χ3n) is 6.56. The Hall–Kier alpha value is -1.67. The number of likely N-dealkylation sites (tertiary alicyclic amines) is 1. The third kappa shape index (κ3) is 6.27. The molecule has 5 atom stereocenters. The average molecular weight is 476 g/mol. The van der Waals surface area contributed by atoms with Gasteiger partial charge in [0.1, 0.15) is 11.9 Å². The van der Waals surface area contributed by atoms with Gasteiger partial charge in [0.2, 0.25) is 0 Å². The average Bonchev–Trinajstić information content (AvgIpc) is 2.80. The number of benzene rings is 2. The van der Waals surface area contributed by atoms with E-state index in [4.69, 9.17) is 21.1 Å². The number of aliphatic hydroxyl groups excluding tert-OH is 3. The first kappa shape index (κ1) is 24.5. The maximum absolute atomic E-state index is 10.6. The highest BCUT2D eigenvalue weighted by molar-refractivity contribution is 6.31. The van der Waals surface area contributed by atoms with Gasteiger partial charge in [0.25, 0.3) is 0 Å². The van der Waals surface area contributed by atoms with Gasteiger partial charge in [-0.25, -0.2) is 0 Å². The Kier molecular flexibility index (Phi) is 8.28.